The zero-order valence-electron chi connectivity index (χ0n) is 35.7. The normalized spacial score (nSPS) is 11.9. The molecule has 11 aromatic carbocycles. The predicted molar refractivity (Wildman–Crippen MR) is 276 cm³/mol. The van der Waals surface area contributed by atoms with Crippen molar-refractivity contribution in [1.82, 2.24) is 4.57 Å². The lowest BCUT2D eigenvalue weighted by Crippen LogP contribution is -2.11. The number of para-hydroxylation sites is 4. The van der Waals surface area contributed by atoms with Crippen molar-refractivity contribution in [1.29, 1.82) is 0 Å². The molecule has 14 rings (SSSR count). The van der Waals surface area contributed by atoms with Gasteiger partial charge in [0.15, 0.2) is 0 Å². The number of nitrogens with zero attached hydrogens (tertiary/aromatic N) is 2. The molecule has 0 saturated heterocycles. The van der Waals surface area contributed by atoms with Crippen molar-refractivity contribution >= 4 is 104 Å². The van der Waals surface area contributed by atoms with E-state index >= 15 is 0 Å². The number of anilines is 3. The molecule has 0 atom stereocenters. The van der Waals surface area contributed by atoms with Gasteiger partial charge in [0.25, 0.3) is 0 Å². The number of furan rings is 2. The molecule has 0 aliphatic rings. The predicted octanol–water partition coefficient (Wildman–Crippen LogP) is 17.7. The molecule has 0 spiro atoms. The second kappa shape index (κ2) is 14.3. The van der Waals surface area contributed by atoms with Crippen LogP contribution in [0.25, 0.3) is 115 Å². The Morgan fingerprint density at radius 1 is 0.333 bits per heavy atom. The highest BCUT2D eigenvalue weighted by Crippen LogP contribution is 2.48. The Balaban J connectivity index is 1.02. The van der Waals surface area contributed by atoms with Crippen molar-refractivity contribution in [3.05, 3.63) is 231 Å². The van der Waals surface area contributed by atoms with Crippen molar-refractivity contribution in [2.45, 2.75) is 0 Å². The summed E-state index contributed by atoms with van der Waals surface area (Å²) in [6.45, 7) is 0. The fourth-order valence-electron chi connectivity index (χ4n) is 10.6. The van der Waals surface area contributed by atoms with Crippen LogP contribution >= 0.6 is 0 Å². The van der Waals surface area contributed by atoms with Crippen LogP contribution in [0.15, 0.2) is 239 Å². The highest BCUT2D eigenvalue weighted by Gasteiger charge is 2.23. The van der Waals surface area contributed by atoms with Gasteiger partial charge in [0, 0.05) is 60.3 Å². The summed E-state index contributed by atoms with van der Waals surface area (Å²) in [5, 5.41) is 11.6. The number of benzene rings is 11. The van der Waals surface area contributed by atoms with Crippen LogP contribution in [0.1, 0.15) is 0 Å². The first kappa shape index (κ1) is 36.6. The first-order valence-electron chi connectivity index (χ1n) is 22.5. The molecular formula is C62H38N2O2. The summed E-state index contributed by atoms with van der Waals surface area (Å²) in [4.78, 5) is 2.45. The SMILES string of the molecule is c1cc(-c2cccc3oc4ccccc4c23)cc(N(c2cc(-c3ccc(-n4c5ccccc5c5ccccc54)cc3)c3oc4ccccc4c3c2)c2cc3ccccc3c3ccccc23)c1. The minimum atomic E-state index is 0.859. The molecule has 0 N–H and O–H groups in total. The molecule has 4 nitrogen and oxygen atoms in total. The van der Waals surface area contributed by atoms with E-state index in [1.165, 1.54) is 43.4 Å². The second-order valence-corrected chi connectivity index (χ2v) is 17.2. The van der Waals surface area contributed by atoms with Gasteiger partial charge in [-0.25, -0.2) is 0 Å². The Morgan fingerprint density at radius 3 is 1.71 bits per heavy atom. The summed E-state index contributed by atoms with van der Waals surface area (Å²) in [5.41, 5.74) is 14.4. The molecule has 0 bridgehead atoms. The van der Waals surface area contributed by atoms with E-state index in [2.05, 4.69) is 228 Å². The third-order valence-corrected chi connectivity index (χ3v) is 13.5. The molecule has 0 fully saturated rings. The monoisotopic (exact) mass is 842 g/mol. The average Bonchev–Trinajstić information content (AvgIpc) is 4.06. The summed E-state index contributed by atoms with van der Waals surface area (Å²) < 4.78 is 15.6. The minimum absolute atomic E-state index is 0.859. The molecule has 308 valence electrons. The van der Waals surface area contributed by atoms with Crippen LogP contribution in [0.2, 0.25) is 0 Å². The third kappa shape index (κ3) is 5.52. The number of fused-ring (bicyclic) bond motifs is 12. The van der Waals surface area contributed by atoms with E-state index in [0.717, 1.165) is 88.9 Å². The summed E-state index contributed by atoms with van der Waals surface area (Å²) >= 11 is 0. The van der Waals surface area contributed by atoms with Gasteiger partial charge in [0.1, 0.15) is 22.3 Å². The Hall–Kier alpha value is -8.86. The topological polar surface area (TPSA) is 34.5 Å². The zero-order valence-corrected chi connectivity index (χ0v) is 35.7. The van der Waals surface area contributed by atoms with E-state index in [-0.39, 0.29) is 0 Å². The first-order chi connectivity index (χ1) is 32.7. The van der Waals surface area contributed by atoms with Gasteiger partial charge in [-0.2, -0.15) is 0 Å². The average molecular weight is 843 g/mol. The van der Waals surface area contributed by atoms with Gasteiger partial charge in [-0.3, -0.25) is 0 Å². The molecule has 0 unspecified atom stereocenters. The van der Waals surface area contributed by atoms with Gasteiger partial charge in [-0.1, -0.05) is 158 Å². The lowest BCUT2D eigenvalue weighted by molar-refractivity contribution is 0.669. The quantitative estimate of drug-likeness (QED) is 0.156. The Bertz CT molecular complexity index is 4190. The van der Waals surface area contributed by atoms with Crippen LogP contribution in [0.5, 0.6) is 0 Å². The molecule has 0 aliphatic carbocycles. The zero-order chi connectivity index (χ0) is 43.3. The summed E-state index contributed by atoms with van der Waals surface area (Å²) in [5.74, 6) is 0. The summed E-state index contributed by atoms with van der Waals surface area (Å²) in [6, 6.07) is 82.9. The first-order valence-corrected chi connectivity index (χ1v) is 22.5. The molecule has 3 heterocycles. The van der Waals surface area contributed by atoms with Crippen LogP contribution in [-0.2, 0) is 0 Å². The Kier molecular flexibility index (Phi) is 7.95. The number of rotatable bonds is 6. The van der Waals surface area contributed by atoms with Crippen LogP contribution in [-0.4, -0.2) is 4.57 Å². The lowest BCUT2D eigenvalue weighted by atomic mass is 9.96. The minimum Gasteiger partial charge on any atom is -0.456 e. The molecule has 0 aliphatic heterocycles. The largest absolute Gasteiger partial charge is 0.456 e. The Labute approximate surface area is 379 Å². The third-order valence-electron chi connectivity index (χ3n) is 13.5. The van der Waals surface area contributed by atoms with Gasteiger partial charge >= 0.3 is 0 Å². The van der Waals surface area contributed by atoms with Crippen LogP contribution in [0.4, 0.5) is 17.1 Å². The van der Waals surface area contributed by atoms with Crippen molar-refractivity contribution in [2.75, 3.05) is 4.90 Å². The van der Waals surface area contributed by atoms with Crippen molar-refractivity contribution in [2.24, 2.45) is 0 Å². The van der Waals surface area contributed by atoms with Crippen molar-refractivity contribution in [3.8, 4) is 27.9 Å². The molecule has 0 amide bonds. The lowest BCUT2D eigenvalue weighted by Gasteiger charge is -2.28. The molecule has 0 saturated carbocycles. The van der Waals surface area contributed by atoms with Gasteiger partial charge in [-0.15, -0.1) is 0 Å². The number of aromatic nitrogens is 1. The fourth-order valence-corrected chi connectivity index (χ4v) is 10.6. The van der Waals surface area contributed by atoms with Crippen LogP contribution < -0.4 is 4.90 Å². The number of hydrogen-bond acceptors (Lipinski definition) is 3. The fraction of sp³-hybridized carbons (Fsp3) is 0. The van der Waals surface area contributed by atoms with E-state index in [4.69, 9.17) is 8.83 Å². The maximum Gasteiger partial charge on any atom is 0.143 e. The molecule has 14 aromatic rings. The maximum atomic E-state index is 6.84. The van der Waals surface area contributed by atoms with E-state index in [1.54, 1.807) is 0 Å². The van der Waals surface area contributed by atoms with Crippen LogP contribution in [0.3, 0.4) is 0 Å². The Morgan fingerprint density at radius 2 is 0.939 bits per heavy atom. The standard InChI is InChI=1S/C62H38N2O2/c1-2-18-45-41(15-1)36-57(48-20-4-3-19-47(45)48)63(43-17-13-16-40(35-43)46-25-14-30-60-61(46)52-24-8-12-29-59(52)65-60)44-37-53(62-54(38-44)51-23-7-11-28-58(51)66-62)39-31-33-42(34-32-39)64-55-26-9-5-21-49(55)50-22-6-10-27-56(50)64/h1-38H. The number of hydrogen-bond donors (Lipinski definition) is 0. The second-order valence-electron chi connectivity index (χ2n) is 17.2. The molecule has 4 heteroatoms. The van der Waals surface area contributed by atoms with Crippen molar-refractivity contribution < 1.29 is 8.83 Å². The molecular weight excluding hydrogens is 805 g/mol. The van der Waals surface area contributed by atoms with Gasteiger partial charge in [0.05, 0.1) is 16.7 Å². The smallest absolute Gasteiger partial charge is 0.143 e. The molecule has 66 heavy (non-hydrogen) atoms. The molecule has 0 radical (unpaired) electrons. The summed E-state index contributed by atoms with van der Waals surface area (Å²) in [6.07, 6.45) is 0. The summed E-state index contributed by atoms with van der Waals surface area (Å²) in [7, 11) is 0. The molecule has 3 aromatic heterocycles. The van der Waals surface area contributed by atoms with E-state index < -0.39 is 0 Å². The van der Waals surface area contributed by atoms with E-state index in [9.17, 15) is 0 Å². The van der Waals surface area contributed by atoms with Gasteiger partial charge in [-0.05, 0) is 106 Å². The van der Waals surface area contributed by atoms with Crippen LogP contribution in [0, 0.1) is 0 Å². The van der Waals surface area contributed by atoms with Gasteiger partial charge in [0.2, 0.25) is 0 Å². The van der Waals surface area contributed by atoms with E-state index in [1.807, 2.05) is 12.1 Å². The maximum absolute atomic E-state index is 6.84. The highest BCUT2D eigenvalue weighted by molar-refractivity contribution is 6.17. The van der Waals surface area contributed by atoms with Gasteiger partial charge < -0.3 is 18.3 Å². The van der Waals surface area contributed by atoms with Crippen molar-refractivity contribution in [3.63, 3.8) is 0 Å². The van der Waals surface area contributed by atoms with E-state index in [0.29, 0.717) is 0 Å². The highest BCUT2D eigenvalue weighted by atomic mass is 16.3.